The van der Waals surface area contributed by atoms with Crippen LogP contribution in [0.25, 0.3) is 11.2 Å². The minimum Gasteiger partial charge on any atom is -0.368 e. The van der Waals surface area contributed by atoms with E-state index in [1.807, 2.05) is 33.2 Å². The van der Waals surface area contributed by atoms with Crippen LogP contribution in [0.3, 0.4) is 0 Å². The number of hydrogen-bond acceptors (Lipinski definition) is 4. The fraction of sp³-hybridized carbons (Fsp3) is 0.417. The van der Waals surface area contributed by atoms with Gasteiger partial charge in [0.25, 0.3) is 5.91 Å². The monoisotopic (exact) mass is 423 g/mol. The second-order valence-electron chi connectivity index (χ2n) is 8.69. The number of imidazole rings is 1. The Morgan fingerprint density at radius 3 is 2.77 bits per heavy atom. The lowest BCUT2D eigenvalue weighted by Gasteiger charge is -2.41. The van der Waals surface area contributed by atoms with Gasteiger partial charge in [0.05, 0.1) is 17.4 Å². The molecule has 2 aliphatic rings. The number of allylic oxidation sites excluding steroid dienone is 2. The van der Waals surface area contributed by atoms with E-state index in [-0.39, 0.29) is 11.9 Å². The molecule has 1 unspecified atom stereocenters. The summed E-state index contributed by atoms with van der Waals surface area (Å²) in [6.07, 6.45) is 11.3. The molecule has 0 aromatic carbocycles. The van der Waals surface area contributed by atoms with E-state index in [9.17, 15) is 9.18 Å². The molecule has 2 atom stereocenters. The number of halogens is 1. The topological polar surface area (TPSA) is 44.1 Å². The summed E-state index contributed by atoms with van der Waals surface area (Å²) in [6, 6.07) is 1.86. The Morgan fingerprint density at radius 2 is 2.03 bits per heavy atom. The molecular formula is C24H30FN5O. The number of amides is 1. The van der Waals surface area contributed by atoms with Crippen LogP contribution >= 0.6 is 0 Å². The summed E-state index contributed by atoms with van der Waals surface area (Å²) >= 11 is 0. The van der Waals surface area contributed by atoms with Gasteiger partial charge in [0.2, 0.25) is 0 Å². The van der Waals surface area contributed by atoms with Crippen LogP contribution in [0.4, 0.5) is 4.39 Å². The summed E-state index contributed by atoms with van der Waals surface area (Å²) in [5, 5.41) is 0. The van der Waals surface area contributed by atoms with Crippen molar-refractivity contribution in [2.45, 2.75) is 39.8 Å². The summed E-state index contributed by atoms with van der Waals surface area (Å²) in [6.45, 7) is 10.7. The molecule has 0 saturated carbocycles. The zero-order valence-corrected chi connectivity index (χ0v) is 18.8. The van der Waals surface area contributed by atoms with Crippen LogP contribution in [0.15, 0.2) is 48.6 Å². The van der Waals surface area contributed by atoms with Crippen molar-refractivity contribution in [2.75, 3.05) is 26.7 Å². The van der Waals surface area contributed by atoms with E-state index in [1.165, 1.54) is 6.07 Å². The lowest BCUT2D eigenvalue weighted by Crippen LogP contribution is -2.50. The van der Waals surface area contributed by atoms with Crippen molar-refractivity contribution >= 4 is 17.1 Å². The zero-order chi connectivity index (χ0) is 22.3. The lowest BCUT2D eigenvalue weighted by molar-refractivity contribution is -0.124. The fourth-order valence-corrected chi connectivity index (χ4v) is 4.11. The number of carbonyl (C=O) groups is 1. The summed E-state index contributed by atoms with van der Waals surface area (Å²) in [7, 11) is 2.14. The van der Waals surface area contributed by atoms with Crippen molar-refractivity contribution in [1.29, 1.82) is 0 Å². The highest BCUT2D eigenvalue weighted by molar-refractivity contribution is 5.96. The molecule has 0 N–H and O–H groups in total. The Bertz CT molecular complexity index is 1100. The Balaban J connectivity index is 1.57. The SMILES string of the molecule is C/C(=C\C(=O)N1C=C(N2CCN(C)[C@H](C)C2)C=CC1C)c1cc(F)c2nc(C)cn2c1. The van der Waals surface area contributed by atoms with Gasteiger partial charge in [-0.25, -0.2) is 9.37 Å². The van der Waals surface area contributed by atoms with E-state index in [0.29, 0.717) is 22.8 Å². The van der Waals surface area contributed by atoms with Gasteiger partial charge >= 0.3 is 0 Å². The average molecular weight is 424 g/mol. The Labute approximate surface area is 182 Å². The largest absolute Gasteiger partial charge is 0.368 e. The van der Waals surface area contributed by atoms with Crippen LogP contribution < -0.4 is 0 Å². The van der Waals surface area contributed by atoms with E-state index in [1.54, 1.807) is 21.6 Å². The van der Waals surface area contributed by atoms with Gasteiger partial charge in [0.1, 0.15) is 0 Å². The minimum absolute atomic E-state index is 0.0410. The van der Waals surface area contributed by atoms with Crippen LogP contribution in [-0.2, 0) is 4.79 Å². The lowest BCUT2D eigenvalue weighted by atomic mass is 10.1. The maximum Gasteiger partial charge on any atom is 0.251 e. The molecule has 2 aliphatic heterocycles. The summed E-state index contributed by atoms with van der Waals surface area (Å²) in [4.78, 5) is 23.7. The third kappa shape index (κ3) is 4.28. The summed E-state index contributed by atoms with van der Waals surface area (Å²) < 4.78 is 16.1. The number of carbonyl (C=O) groups excluding carboxylic acids is 1. The molecule has 1 amide bonds. The van der Waals surface area contributed by atoms with Gasteiger partial charge in [0.15, 0.2) is 11.5 Å². The first-order valence-corrected chi connectivity index (χ1v) is 10.7. The van der Waals surface area contributed by atoms with Crippen molar-refractivity contribution in [3.05, 3.63) is 65.7 Å². The average Bonchev–Trinajstić information content (AvgIpc) is 3.11. The zero-order valence-electron chi connectivity index (χ0n) is 18.8. The highest BCUT2D eigenvalue weighted by Gasteiger charge is 2.25. The number of piperazine rings is 1. The molecule has 2 aromatic rings. The molecule has 0 radical (unpaired) electrons. The summed E-state index contributed by atoms with van der Waals surface area (Å²) in [5.41, 5.74) is 3.47. The second-order valence-corrected chi connectivity index (χ2v) is 8.69. The van der Waals surface area contributed by atoms with Crippen molar-refractivity contribution in [1.82, 2.24) is 24.1 Å². The molecule has 1 saturated heterocycles. The molecule has 31 heavy (non-hydrogen) atoms. The number of rotatable bonds is 3. The number of fused-ring (bicyclic) bond motifs is 1. The third-order valence-corrected chi connectivity index (χ3v) is 6.26. The molecule has 2 aromatic heterocycles. The quantitative estimate of drug-likeness (QED) is 0.710. The smallest absolute Gasteiger partial charge is 0.251 e. The first kappa shape index (κ1) is 21.3. The molecule has 0 spiro atoms. The number of pyridine rings is 1. The highest BCUT2D eigenvalue weighted by atomic mass is 19.1. The van der Waals surface area contributed by atoms with Crippen molar-refractivity contribution < 1.29 is 9.18 Å². The van der Waals surface area contributed by atoms with Gasteiger partial charge in [0, 0.05) is 50.3 Å². The Kier molecular flexibility index (Phi) is 5.71. The van der Waals surface area contributed by atoms with Crippen LogP contribution in [0.1, 0.15) is 32.0 Å². The van der Waals surface area contributed by atoms with Gasteiger partial charge in [-0.05, 0) is 58.0 Å². The van der Waals surface area contributed by atoms with Crippen LogP contribution in [-0.4, -0.2) is 68.8 Å². The molecule has 4 heterocycles. The number of hydrogen-bond donors (Lipinski definition) is 0. The van der Waals surface area contributed by atoms with Crippen LogP contribution in [0.5, 0.6) is 0 Å². The normalized spacial score (nSPS) is 22.9. The van der Waals surface area contributed by atoms with E-state index >= 15 is 0 Å². The van der Waals surface area contributed by atoms with Gasteiger partial charge in [-0.15, -0.1) is 0 Å². The van der Waals surface area contributed by atoms with Crippen LogP contribution in [0.2, 0.25) is 0 Å². The Hall–Kier alpha value is -2.93. The maximum atomic E-state index is 14.5. The molecule has 164 valence electrons. The number of aromatic nitrogens is 2. The summed E-state index contributed by atoms with van der Waals surface area (Å²) in [5.74, 6) is -0.511. The predicted molar refractivity (Wildman–Crippen MR) is 121 cm³/mol. The van der Waals surface area contributed by atoms with Gasteiger partial charge < -0.3 is 19.1 Å². The van der Waals surface area contributed by atoms with Gasteiger partial charge in [-0.3, -0.25) is 4.79 Å². The second kappa shape index (κ2) is 8.30. The molecule has 0 aliphatic carbocycles. The predicted octanol–water partition coefficient (Wildman–Crippen LogP) is 3.45. The molecule has 6 nitrogen and oxygen atoms in total. The van der Waals surface area contributed by atoms with E-state index < -0.39 is 5.82 Å². The molecule has 0 bridgehead atoms. The highest BCUT2D eigenvalue weighted by Crippen LogP contribution is 2.23. The van der Waals surface area contributed by atoms with E-state index in [4.69, 9.17) is 0 Å². The maximum absolute atomic E-state index is 14.5. The van der Waals surface area contributed by atoms with E-state index in [0.717, 1.165) is 31.0 Å². The van der Waals surface area contributed by atoms with Crippen molar-refractivity contribution in [2.24, 2.45) is 0 Å². The molecule has 4 rings (SSSR count). The van der Waals surface area contributed by atoms with Crippen LogP contribution in [0, 0.1) is 12.7 Å². The number of nitrogens with zero attached hydrogens (tertiary/aromatic N) is 5. The number of likely N-dealkylation sites (N-methyl/N-ethyl adjacent to an activating group) is 1. The molecule has 7 heteroatoms. The number of aryl methyl sites for hydroxylation is 1. The fourth-order valence-electron chi connectivity index (χ4n) is 4.11. The first-order chi connectivity index (χ1) is 14.7. The molecule has 1 fully saturated rings. The van der Waals surface area contributed by atoms with Crippen molar-refractivity contribution in [3.63, 3.8) is 0 Å². The minimum atomic E-state index is -0.397. The van der Waals surface area contributed by atoms with Crippen molar-refractivity contribution in [3.8, 4) is 0 Å². The molecular weight excluding hydrogens is 393 g/mol. The first-order valence-electron chi connectivity index (χ1n) is 10.7. The third-order valence-electron chi connectivity index (χ3n) is 6.26. The van der Waals surface area contributed by atoms with Gasteiger partial charge in [-0.2, -0.15) is 0 Å². The Morgan fingerprint density at radius 1 is 1.26 bits per heavy atom. The van der Waals surface area contributed by atoms with E-state index in [2.05, 4.69) is 40.9 Å². The van der Waals surface area contributed by atoms with Gasteiger partial charge in [-0.1, -0.05) is 6.08 Å². The standard InChI is InChI=1S/C24H30FN5O/c1-16(20-11-22(25)24-26-17(2)12-29(24)14-20)10-23(31)30-15-21(7-6-18(30)3)28-9-8-27(5)19(4)13-28/h6-7,10-12,14-15,18-19H,8-9,13H2,1-5H3/b16-10+/t18?,19-/m1/s1.